The Morgan fingerprint density at radius 2 is 1.75 bits per heavy atom. The lowest BCUT2D eigenvalue weighted by Crippen LogP contribution is -2.45. The lowest BCUT2D eigenvalue weighted by atomic mass is 10.0. The van der Waals surface area contributed by atoms with Gasteiger partial charge in [0.15, 0.2) is 5.79 Å². The van der Waals surface area contributed by atoms with E-state index in [4.69, 9.17) is 9.47 Å². The molecule has 0 saturated carbocycles. The second-order valence-electron chi connectivity index (χ2n) is 6.42. The largest absolute Gasteiger partial charge is 0.371 e. The number of piperidine rings is 1. The summed E-state index contributed by atoms with van der Waals surface area (Å²) >= 11 is 0. The van der Waals surface area contributed by atoms with Gasteiger partial charge in [-0.3, -0.25) is 4.72 Å². The Kier molecular flexibility index (Phi) is 5.32. The standard InChI is InChI=1S/C17H26N2O4S/c1-2-3-14-24(20,21)18-15-4-6-16(7-5-15)19-10-8-17(9-11-19)22-12-13-23-17/h4-7,18H,2-3,8-14H2,1H3. The molecule has 0 aromatic heterocycles. The summed E-state index contributed by atoms with van der Waals surface area (Å²) in [5, 5.41) is 0. The molecule has 6 nitrogen and oxygen atoms in total. The van der Waals surface area contributed by atoms with Crippen molar-refractivity contribution >= 4 is 21.4 Å². The highest BCUT2D eigenvalue weighted by molar-refractivity contribution is 7.92. The van der Waals surface area contributed by atoms with E-state index in [1.54, 1.807) is 0 Å². The fourth-order valence-electron chi connectivity index (χ4n) is 3.20. The maximum absolute atomic E-state index is 11.9. The van der Waals surface area contributed by atoms with E-state index in [1.807, 2.05) is 31.2 Å². The van der Waals surface area contributed by atoms with Crippen LogP contribution in [0.1, 0.15) is 32.6 Å². The highest BCUT2D eigenvalue weighted by Gasteiger charge is 2.39. The molecule has 1 aromatic rings. The Hall–Kier alpha value is -1.31. The van der Waals surface area contributed by atoms with E-state index in [0.29, 0.717) is 25.3 Å². The Labute approximate surface area is 144 Å². The molecule has 2 aliphatic heterocycles. The minimum absolute atomic E-state index is 0.166. The third kappa shape index (κ3) is 4.20. The van der Waals surface area contributed by atoms with Crippen molar-refractivity contribution in [1.29, 1.82) is 0 Å². The van der Waals surface area contributed by atoms with Crippen molar-refractivity contribution in [2.75, 3.05) is 41.7 Å². The van der Waals surface area contributed by atoms with Gasteiger partial charge in [-0.05, 0) is 30.7 Å². The second-order valence-corrected chi connectivity index (χ2v) is 8.26. The van der Waals surface area contributed by atoms with Gasteiger partial charge in [-0.2, -0.15) is 0 Å². The van der Waals surface area contributed by atoms with Gasteiger partial charge in [0.25, 0.3) is 0 Å². The van der Waals surface area contributed by atoms with Crippen molar-refractivity contribution in [3.8, 4) is 0 Å². The number of ether oxygens (including phenoxy) is 2. The highest BCUT2D eigenvalue weighted by Crippen LogP contribution is 2.33. The van der Waals surface area contributed by atoms with E-state index in [2.05, 4.69) is 9.62 Å². The average molecular weight is 354 g/mol. The van der Waals surface area contributed by atoms with Crippen LogP contribution in [0.15, 0.2) is 24.3 Å². The van der Waals surface area contributed by atoms with E-state index in [-0.39, 0.29) is 11.5 Å². The topological polar surface area (TPSA) is 67.9 Å². The molecule has 0 amide bonds. The fourth-order valence-corrected chi connectivity index (χ4v) is 4.46. The molecule has 134 valence electrons. The van der Waals surface area contributed by atoms with Crippen LogP contribution < -0.4 is 9.62 Å². The third-order valence-corrected chi connectivity index (χ3v) is 5.98. The number of rotatable bonds is 6. The van der Waals surface area contributed by atoms with E-state index < -0.39 is 10.0 Å². The number of anilines is 2. The molecule has 2 fully saturated rings. The lowest BCUT2D eigenvalue weighted by molar-refractivity contribution is -0.169. The van der Waals surface area contributed by atoms with Crippen LogP contribution >= 0.6 is 0 Å². The molecule has 2 saturated heterocycles. The Morgan fingerprint density at radius 1 is 1.12 bits per heavy atom. The van der Waals surface area contributed by atoms with Gasteiger partial charge in [0.1, 0.15) is 0 Å². The summed E-state index contributed by atoms with van der Waals surface area (Å²) in [6.45, 7) is 5.11. The third-order valence-electron chi connectivity index (χ3n) is 4.61. The number of nitrogens with zero attached hydrogens (tertiary/aromatic N) is 1. The van der Waals surface area contributed by atoms with Crippen LogP contribution in [0.2, 0.25) is 0 Å². The molecule has 7 heteroatoms. The smallest absolute Gasteiger partial charge is 0.232 e. The Balaban J connectivity index is 1.57. The number of nitrogens with one attached hydrogen (secondary N) is 1. The summed E-state index contributed by atoms with van der Waals surface area (Å²) in [4.78, 5) is 2.28. The molecule has 1 spiro atoms. The minimum Gasteiger partial charge on any atom is -0.371 e. The van der Waals surface area contributed by atoms with Crippen molar-refractivity contribution < 1.29 is 17.9 Å². The molecule has 0 aliphatic carbocycles. The van der Waals surface area contributed by atoms with E-state index in [9.17, 15) is 8.42 Å². The fraction of sp³-hybridized carbons (Fsp3) is 0.647. The van der Waals surface area contributed by atoms with Crippen LogP contribution in [0.5, 0.6) is 0 Å². The van der Waals surface area contributed by atoms with Gasteiger partial charge >= 0.3 is 0 Å². The average Bonchev–Trinajstić information content (AvgIpc) is 3.02. The van der Waals surface area contributed by atoms with Gasteiger partial charge < -0.3 is 14.4 Å². The predicted molar refractivity (Wildman–Crippen MR) is 94.8 cm³/mol. The van der Waals surface area contributed by atoms with Crippen LogP contribution in [0, 0.1) is 0 Å². The molecule has 0 bridgehead atoms. The first kappa shape index (κ1) is 17.5. The Bertz CT molecular complexity index is 629. The number of unbranched alkanes of at least 4 members (excludes halogenated alkanes) is 1. The number of hydrogen-bond acceptors (Lipinski definition) is 5. The minimum atomic E-state index is -3.25. The normalized spacial score (nSPS) is 20.5. The van der Waals surface area contributed by atoms with Crippen molar-refractivity contribution in [3.05, 3.63) is 24.3 Å². The molecule has 0 unspecified atom stereocenters. The van der Waals surface area contributed by atoms with E-state index in [1.165, 1.54) is 0 Å². The first-order valence-corrected chi connectivity index (χ1v) is 10.3. The second kappa shape index (κ2) is 7.29. The zero-order chi connectivity index (χ0) is 17.0. The van der Waals surface area contributed by atoms with E-state index in [0.717, 1.165) is 38.0 Å². The summed E-state index contributed by atoms with van der Waals surface area (Å²) in [5.74, 6) is -0.204. The van der Waals surface area contributed by atoms with Crippen molar-refractivity contribution in [1.82, 2.24) is 0 Å². The van der Waals surface area contributed by atoms with Crippen LogP contribution in [0.3, 0.4) is 0 Å². The first-order chi connectivity index (χ1) is 11.5. The highest BCUT2D eigenvalue weighted by atomic mass is 32.2. The summed E-state index contributed by atoms with van der Waals surface area (Å²) < 4.78 is 38.0. The molecule has 0 radical (unpaired) electrons. The molecular formula is C17H26N2O4S. The van der Waals surface area contributed by atoms with Crippen molar-refractivity contribution in [2.45, 2.75) is 38.4 Å². The van der Waals surface area contributed by atoms with Crippen LogP contribution in [0.4, 0.5) is 11.4 Å². The quantitative estimate of drug-likeness (QED) is 0.850. The SMILES string of the molecule is CCCCS(=O)(=O)Nc1ccc(N2CCC3(CC2)OCCO3)cc1. The summed E-state index contributed by atoms with van der Waals surface area (Å²) in [6, 6.07) is 7.58. The summed E-state index contributed by atoms with van der Waals surface area (Å²) in [7, 11) is -3.25. The van der Waals surface area contributed by atoms with Gasteiger partial charge in [-0.25, -0.2) is 8.42 Å². The van der Waals surface area contributed by atoms with Crippen molar-refractivity contribution in [2.24, 2.45) is 0 Å². The summed E-state index contributed by atoms with van der Waals surface area (Å²) in [6.07, 6.45) is 3.26. The molecule has 1 N–H and O–H groups in total. The maximum Gasteiger partial charge on any atom is 0.232 e. The molecule has 2 aliphatic rings. The summed E-state index contributed by atoms with van der Waals surface area (Å²) in [5.41, 5.74) is 1.71. The zero-order valence-corrected chi connectivity index (χ0v) is 15.0. The van der Waals surface area contributed by atoms with E-state index >= 15 is 0 Å². The first-order valence-electron chi connectivity index (χ1n) is 8.65. The van der Waals surface area contributed by atoms with Gasteiger partial charge in [-0.1, -0.05) is 13.3 Å². The van der Waals surface area contributed by atoms with Gasteiger partial charge in [0, 0.05) is 37.3 Å². The molecule has 0 atom stereocenters. The van der Waals surface area contributed by atoms with Crippen molar-refractivity contribution in [3.63, 3.8) is 0 Å². The predicted octanol–water partition coefficient (Wildman–Crippen LogP) is 2.57. The van der Waals surface area contributed by atoms with Gasteiger partial charge in [0.05, 0.1) is 19.0 Å². The number of sulfonamides is 1. The van der Waals surface area contributed by atoms with Crippen LogP contribution in [0.25, 0.3) is 0 Å². The molecule has 1 aromatic carbocycles. The molecule has 24 heavy (non-hydrogen) atoms. The zero-order valence-electron chi connectivity index (χ0n) is 14.2. The van der Waals surface area contributed by atoms with Gasteiger partial charge in [-0.15, -0.1) is 0 Å². The molecule has 3 rings (SSSR count). The Morgan fingerprint density at radius 3 is 2.33 bits per heavy atom. The monoisotopic (exact) mass is 354 g/mol. The molecule has 2 heterocycles. The van der Waals surface area contributed by atoms with Crippen LogP contribution in [-0.2, 0) is 19.5 Å². The lowest BCUT2D eigenvalue weighted by Gasteiger charge is -2.38. The number of hydrogen-bond donors (Lipinski definition) is 1. The maximum atomic E-state index is 11.9. The number of benzene rings is 1. The van der Waals surface area contributed by atoms with Gasteiger partial charge in [0.2, 0.25) is 10.0 Å². The molecular weight excluding hydrogens is 328 g/mol. The van der Waals surface area contributed by atoms with Crippen LogP contribution in [-0.4, -0.2) is 46.3 Å².